The standard InChI is InChI=1S/C16H13ClN3O3/c1-9(17)23-16(22)11-4-3-10-7-13(19-12(10)8-11)14(21)15-18-5-6-20(15)2/h3-6,8-9,19H,1-2H3. The van der Waals surface area contributed by atoms with E-state index < -0.39 is 11.5 Å². The number of alkyl halides is 1. The molecule has 0 amide bonds. The van der Waals surface area contributed by atoms with Crippen LogP contribution in [0.2, 0.25) is 0 Å². The Morgan fingerprint density at radius 3 is 2.87 bits per heavy atom. The number of halogens is 1. The van der Waals surface area contributed by atoms with Crippen LogP contribution in [-0.4, -0.2) is 31.9 Å². The Kier molecular flexibility index (Phi) is 3.92. The van der Waals surface area contributed by atoms with Gasteiger partial charge in [-0.25, -0.2) is 9.78 Å². The molecule has 0 spiro atoms. The van der Waals surface area contributed by atoms with Gasteiger partial charge in [0.05, 0.1) is 11.3 Å². The average molecular weight is 331 g/mol. The Hall–Kier alpha value is -2.60. The van der Waals surface area contributed by atoms with Crippen molar-refractivity contribution in [2.45, 2.75) is 12.5 Å². The van der Waals surface area contributed by atoms with Crippen LogP contribution in [0, 0.1) is 6.07 Å². The van der Waals surface area contributed by atoms with E-state index in [1.807, 2.05) is 0 Å². The molecule has 23 heavy (non-hydrogen) atoms. The molecule has 1 N–H and O–H groups in total. The lowest BCUT2D eigenvalue weighted by Gasteiger charge is -2.05. The zero-order valence-electron chi connectivity index (χ0n) is 12.5. The first-order valence-corrected chi connectivity index (χ1v) is 7.31. The molecule has 1 radical (unpaired) electrons. The van der Waals surface area contributed by atoms with Crippen molar-refractivity contribution in [1.29, 1.82) is 0 Å². The SMILES string of the molecule is CC(Cl)OC(=O)c1ccc2[c]c(C(=O)c3nccn3C)[nH]c2c1. The van der Waals surface area contributed by atoms with Crippen molar-refractivity contribution in [1.82, 2.24) is 14.5 Å². The van der Waals surface area contributed by atoms with Crippen LogP contribution in [0.15, 0.2) is 30.6 Å². The van der Waals surface area contributed by atoms with Gasteiger partial charge in [-0.1, -0.05) is 17.7 Å². The Balaban J connectivity index is 1.95. The summed E-state index contributed by atoms with van der Waals surface area (Å²) >= 11 is 5.65. The molecule has 3 aromatic rings. The van der Waals surface area contributed by atoms with Gasteiger partial charge in [0.25, 0.3) is 0 Å². The van der Waals surface area contributed by atoms with E-state index in [9.17, 15) is 9.59 Å². The van der Waals surface area contributed by atoms with Gasteiger partial charge in [-0.3, -0.25) is 4.79 Å². The van der Waals surface area contributed by atoms with Gasteiger partial charge in [0.2, 0.25) is 5.78 Å². The minimum absolute atomic E-state index is 0.271. The molecule has 0 fully saturated rings. The molecule has 117 valence electrons. The van der Waals surface area contributed by atoms with E-state index in [1.54, 1.807) is 49.1 Å². The summed E-state index contributed by atoms with van der Waals surface area (Å²) in [4.78, 5) is 31.3. The number of carbonyl (C=O) groups is 2. The molecule has 0 saturated carbocycles. The van der Waals surface area contributed by atoms with Crippen LogP contribution in [0.1, 0.15) is 33.6 Å². The zero-order chi connectivity index (χ0) is 16.6. The summed E-state index contributed by atoms with van der Waals surface area (Å²) in [5.41, 5.74) is 0.523. The minimum Gasteiger partial charge on any atom is -0.443 e. The first kappa shape index (κ1) is 15.3. The van der Waals surface area contributed by atoms with Gasteiger partial charge in [-0.2, -0.15) is 0 Å². The predicted molar refractivity (Wildman–Crippen MR) is 84.5 cm³/mol. The fraction of sp³-hybridized carbons (Fsp3) is 0.188. The minimum atomic E-state index is -0.714. The van der Waals surface area contributed by atoms with Crippen LogP contribution in [0.4, 0.5) is 0 Å². The number of aromatic nitrogens is 3. The number of carbonyl (C=O) groups excluding carboxylic acids is 2. The van der Waals surface area contributed by atoms with Crippen molar-refractivity contribution in [2.24, 2.45) is 7.05 Å². The van der Waals surface area contributed by atoms with Gasteiger partial charge in [0.1, 0.15) is 0 Å². The highest BCUT2D eigenvalue weighted by molar-refractivity contribution is 6.20. The largest absolute Gasteiger partial charge is 0.443 e. The molecular formula is C16H13ClN3O3. The number of hydrogen-bond acceptors (Lipinski definition) is 4. The van der Waals surface area contributed by atoms with E-state index in [0.29, 0.717) is 22.3 Å². The smallest absolute Gasteiger partial charge is 0.339 e. The third-order valence-corrected chi connectivity index (χ3v) is 3.38. The normalized spacial score (nSPS) is 12.3. The molecule has 1 aromatic carbocycles. The number of ether oxygens (including phenoxy) is 1. The van der Waals surface area contributed by atoms with Gasteiger partial charge in [0, 0.05) is 36.4 Å². The van der Waals surface area contributed by atoms with Crippen LogP contribution in [0.25, 0.3) is 10.9 Å². The van der Waals surface area contributed by atoms with Crippen LogP contribution < -0.4 is 0 Å². The third kappa shape index (κ3) is 2.98. The molecule has 1 atom stereocenters. The van der Waals surface area contributed by atoms with Crippen LogP contribution >= 0.6 is 11.6 Å². The number of nitrogens with zero attached hydrogens (tertiary/aromatic N) is 2. The number of aromatic amines is 1. The topological polar surface area (TPSA) is 77.0 Å². The lowest BCUT2D eigenvalue weighted by molar-refractivity contribution is 0.0472. The Labute approximate surface area is 137 Å². The van der Waals surface area contributed by atoms with Crippen molar-refractivity contribution in [3.05, 3.63) is 53.7 Å². The van der Waals surface area contributed by atoms with Gasteiger partial charge in [-0.05, 0) is 19.1 Å². The maximum atomic E-state index is 12.4. The lowest BCUT2D eigenvalue weighted by atomic mass is 10.1. The summed E-state index contributed by atoms with van der Waals surface area (Å²) in [6.07, 6.45) is 3.24. The maximum Gasteiger partial charge on any atom is 0.339 e. The second-order valence-electron chi connectivity index (χ2n) is 5.02. The second-order valence-corrected chi connectivity index (χ2v) is 5.64. The summed E-state index contributed by atoms with van der Waals surface area (Å²) in [6.45, 7) is 1.56. The zero-order valence-corrected chi connectivity index (χ0v) is 13.2. The summed E-state index contributed by atoms with van der Waals surface area (Å²) < 4.78 is 6.57. The molecule has 7 heteroatoms. The number of esters is 1. The second kappa shape index (κ2) is 5.89. The first-order chi connectivity index (χ1) is 11.0. The Morgan fingerprint density at radius 2 is 2.22 bits per heavy atom. The molecule has 0 aliphatic carbocycles. The van der Waals surface area contributed by atoms with E-state index >= 15 is 0 Å². The molecule has 0 aliphatic heterocycles. The molecule has 0 bridgehead atoms. The van der Waals surface area contributed by atoms with Gasteiger partial charge < -0.3 is 14.3 Å². The number of rotatable bonds is 4. The average Bonchev–Trinajstić information content (AvgIpc) is 3.10. The highest BCUT2D eigenvalue weighted by Crippen LogP contribution is 2.19. The number of hydrogen-bond donors (Lipinski definition) is 1. The number of nitrogens with one attached hydrogen (secondary N) is 1. The monoisotopic (exact) mass is 330 g/mol. The summed E-state index contributed by atoms with van der Waals surface area (Å²) in [6, 6.07) is 7.87. The summed E-state index contributed by atoms with van der Waals surface area (Å²) in [7, 11) is 1.74. The third-order valence-electron chi connectivity index (χ3n) is 3.30. The number of aryl methyl sites for hydroxylation is 1. The van der Waals surface area contributed by atoms with Crippen molar-refractivity contribution >= 4 is 34.3 Å². The first-order valence-electron chi connectivity index (χ1n) is 6.88. The van der Waals surface area contributed by atoms with Gasteiger partial charge in [0.15, 0.2) is 11.4 Å². The van der Waals surface area contributed by atoms with E-state index in [4.69, 9.17) is 16.3 Å². The van der Waals surface area contributed by atoms with E-state index in [-0.39, 0.29) is 11.5 Å². The van der Waals surface area contributed by atoms with Crippen molar-refractivity contribution in [3.63, 3.8) is 0 Å². The van der Waals surface area contributed by atoms with Crippen molar-refractivity contribution in [3.8, 4) is 0 Å². The van der Waals surface area contributed by atoms with Crippen molar-refractivity contribution in [2.75, 3.05) is 0 Å². The fourth-order valence-electron chi connectivity index (χ4n) is 2.21. The highest BCUT2D eigenvalue weighted by atomic mass is 35.5. The molecule has 3 rings (SSSR count). The molecule has 1 unspecified atom stereocenters. The molecule has 0 aliphatic rings. The maximum absolute atomic E-state index is 12.4. The quantitative estimate of drug-likeness (QED) is 0.453. The molecule has 2 heterocycles. The van der Waals surface area contributed by atoms with Crippen LogP contribution in [0.3, 0.4) is 0 Å². The number of ketones is 1. The van der Waals surface area contributed by atoms with Crippen LogP contribution in [0.5, 0.6) is 0 Å². The van der Waals surface area contributed by atoms with Gasteiger partial charge in [-0.15, -0.1) is 0 Å². The van der Waals surface area contributed by atoms with E-state index in [1.165, 1.54) is 0 Å². The number of imidazole rings is 1. The van der Waals surface area contributed by atoms with Crippen LogP contribution in [-0.2, 0) is 11.8 Å². The fourth-order valence-corrected chi connectivity index (χ4v) is 2.29. The molecular weight excluding hydrogens is 318 g/mol. The highest BCUT2D eigenvalue weighted by Gasteiger charge is 2.18. The van der Waals surface area contributed by atoms with Gasteiger partial charge >= 0.3 is 5.97 Å². The molecule has 2 aromatic heterocycles. The lowest BCUT2D eigenvalue weighted by Crippen LogP contribution is -2.09. The Bertz CT molecular complexity index is 895. The summed E-state index contributed by atoms with van der Waals surface area (Å²) in [5, 5.41) is 0.693. The number of H-pyrrole nitrogens is 1. The Morgan fingerprint density at radius 1 is 1.43 bits per heavy atom. The molecule has 0 saturated heterocycles. The summed E-state index contributed by atoms with van der Waals surface area (Å²) in [5.74, 6) is -0.489. The number of benzene rings is 1. The number of fused-ring (bicyclic) bond motifs is 1. The van der Waals surface area contributed by atoms with E-state index in [0.717, 1.165) is 0 Å². The van der Waals surface area contributed by atoms with Crippen molar-refractivity contribution < 1.29 is 14.3 Å². The predicted octanol–water partition coefficient (Wildman–Crippen LogP) is 2.67. The molecule has 6 nitrogen and oxygen atoms in total. The van der Waals surface area contributed by atoms with E-state index in [2.05, 4.69) is 16.0 Å².